The zero-order valence-corrected chi connectivity index (χ0v) is 11.9. The lowest BCUT2D eigenvalue weighted by atomic mass is 9.93. The predicted molar refractivity (Wildman–Crippen MR) is 74.5 cm³/mol. The Bertz CT molecular complexity index is 443. The van der Waals surface area contributed by atoms with Crippen molar-refractivity contribution in [1.29, 1.82) is 0 Å². The van der Waals surface area contributed by atoms with Gasteiger partial charge in [-0.3, -0.25) is 4.79 Å². The van der Waals surface area contributed by atoms with E-state index < -0.39 is 5.54 Å². The third-order valence-corrected chi connectivity index (χ3v) is 4.44. The Morgan fingerprint density at radius 1 is 1.44 bits per heavy atom. The second kappa shape index (κ2) is 4.58. The normalized spacial score (nSPS) is 24.1. The number of carbonyl (C=O) groups is 1. The van der Waals surface area contributed by atoms with Gasteiger partial charge in [-0.1, -0.05) is 44.2 Å². The maximum Gasteiger partial charge on any atom is 0.224 e. The number of benzene rings is 1. The highest BCUT2D eigenvalue weighted by molar-refractivity contribution is 6.18. The van der Waals surface area contributed by atoms with E-state index in [1.807, 2.05) is 37.3 Å². The molecule has 1 fully saturated rings. The zero-order valence-electron chi connectivity index (χ0n) is 11.2. The van der Waals surface area contributed by atoms with Crippen LogP contribution in [0, 0.1) is 11.3 Å². The van der Waals surface area contributed by atoms with Crippen LogP contribution in [0.5, 0.6) is 0 Å². The Morgan fingerprint density at radius 2 is 2.00 bits per heavy atom. The molecule has 1 aliphatic rings. The minimum atomic E-state index is -0.488. The van der Waals surface area contributed by atoms with Crippen LogP contribution in [-0.4, -0.2) is 11.8 Å². The molecule has 3 heteroatoms. The van der Waals surface area contributed by atoms with Gasteiger partial charge in [-0.05, 0) is 24.3 Å². The average molecular weight is 266 g/mol. The van der Waals surface area contributed by atoms with Crippen LogP contribution >= 0.6 is 11.6 Å². The summed E-state index contributed by atoms with van der Waals surface area (Å²) >= 11 is 6.07. The molecule has 0 saturated heterocycles. The lowest BCUT2D eigenvalue weighted by molar-refractivity contribution is -0.124. The van der Waals surface area contributed by atoms with Gasteiger partial charge in [0.15, 0.2) is 0 Å². The van der Waals surface area contributed by atoms with Gasteiger partial charge in [-0.15, -0.1) is 11.6 Å². The van der Waals surface area contributed by atoms with Gasteiger partial charge in [0.25, 0.3) is 0 Å². The number of carbonyl (C=O) groups excluding carboxylic acids is 1. The number of rotatable bonds is 4. The van der Waals surface area contributed by atoms with E-state index in [4.69, 9.17) is 11.6 Å². The van der Waals surface area contributed by atoms with E-state index in [2.05, 4.69) is 19.2 Å². The topological polar surface area (TPSA) is 29.1 Å². The van der Waals surface area contributed by atoms with Crippen molar-refractivity contribution >= 4 is 17.5 Å². The first-order valence-corrected chi connectivity index (χ1v) is 6.86. The van der Waals surface area contributed by atoms with Crippen LogP contribution in [0.2, 0.25) is 0 Å². The third kappa shape index (κ3) is 2.54. The smallest absolute Gasteiger partial charge is 0.224 e. The second-order valence-corrected chi connectivity index (χ2v) is 6.33. The molecule has 1 amide bonds. The largest absolute Gasteiger partial charge is 0.345 e. The molecule has 18 heavy (non-hydrogen) atoms. The van der Waals surface area contributed by atoms with E-state index in [-0.39, 0.29) is 17.2 Å². The molecule has 1 saturated carbocycles. The van der Waals surface area contributed by atoms with Crippen molar-refractivity contribution < 1.29 is 4.79 Å². The van der Waals surface area contributed by atoms with Crippen molar-refractivity contribution in [2.75, 3.05) is 5.88 Å². The van der Waals surface area contributed by atoms with Crippen molar-refractivity contribution in [3.8, 4) is 0 Å². The Morgan fingerprint density at radius 3 is 2.44 bits per heavy atom. The molecule has 0 radical (unpaired) electrons. The fourth-order valence-electron chi connectivity index (χ4n) is 2.26. The van der Waals surface area contributed by atoms with Crippen LogP contribution in [0.1, 0.15) is 32.8 Å². The van der Waals surface area contributed by atoms with Crippen LogP contribution in [0.4, 0.5) is 0 Å². The van der Waals surface area contributed by atoms with Gasteiger partial charge in [-0.25, -0.2) is 0 Å². The first kappa shape index (κ1) is 13.4. The van der Waals surface area contributed by atoms with E-state index >= 15 is 0 Å². The maximum atomic E-state index is 12.2. The van der Waals surface area contributed by atoms with Gasteiger partial charge in [-0.2, -0.15) is 0 Å². The van der Waals surface area contributed by atoms with E-state index in [9.17, 15) is 4.79 Å². The molecular weight excluding hydrogens is 246 g/mol. The first-order valence-electron chi connectivity index (χ1n) is 6.32. The molecule has 2 rings (SSSR count). The molecule has 0 bridgehead atoms. The van der Waals surface area contributed by atoms with E-state index in [1.54, 1.807) is 0 Å². The fraction of sp³-hybridized carbons (Fsp3) is 0.533. The lowest BCUT2D eigenvalue weighted by Gasteiger charge is -2.29. The average Bonchev–Trinajstić information content (AvgIpc) is 2.99. The molecule has 1 aromatic rings. The summed E-state index contributed by atoms with van der Waals surface area (Å²) in [7, 11) is 0. The summed E-state index contributed by atoms with van der Waals surface area (Å²) in [6.45, 7) is 6.22. The maximum absolute atomic E-state index is 12.2. The van der Waals surface area contributed by atoms with Gasteiger partial charge in [0.05, 0.1) is 5.54 Å². The molecule has 98 valence electrons. The summed E-state index contributed by atoms with van der Waals surface area (Å²) in [4.78, 5) is 12.2. The van der Waals surface area contributed by atoms with Crippen molar-refractivity contribution in [1.82, 2.24) is 5.32 Å². The number of hydrogen-bond donors (Lipinski definition) is 1. The quantitative estimate of drug-likeness (QED) is 0.832. The van der Waals surface area contributed by atoms with Gasteiger partial charge >= 0.3 is 0 Å². The molecule has 0 aliphatic heterocycles. The van der Waals surface area contributed by atoms with Crippen molar-refractivity contribution in [2.24, 2.45) is 11.3 Å². The standard InChI is InChI=1S/C15H20ClNO/c1-14(2)9-12(14)13(18)17-15(3,10-16)11-7-5-4-6-8-11/h4-8,12H,9-10H2,1-3H3,(H,17,18). The van der Waals surface area contributed by atoms with Crippen LogP contribution in [0.3, 0.4) is 0 Å². The molecule has 1 N–H and O–H groups in total. The van der Waals surface area contributed by atoms with Gasteiger partial charge in [0.2, 0.25) is 5.91 Å². The third-order valence-electron chi connectivity index (χ3n) is 3.91. The summed E-state index contributed by atoms with van der Waals surface area (Å²) < 4.78 is 0. The highest BCUT2D eigenvalue weighted by Gasteiger charge is 2.51. The lowest BCUT2D eigenvalue weighted by Crippen LogP contribution is -2.46. The second-order valence-electron chi connectivity index (χ2n) is 6.07. The fourth-order valence-corrected chi connectivity index (χ4v) is 2.48. The minimum Gasteiger partial charge on any atom is -0.345 e. The molecule has 2 nitrogen and oxygen atoms in total. The Balaban J connectivity index is 2.12. The molecule has 1 aromatic carbocycles. The van der Waals surface area contributed by atoms with Crippen LogP contribution in [0.25, 0.3) is 0 Å². The summed E-state index contributed by atoms with van der Waals surface area (Å²) in [6.07, 6.45) is 0.964. The number of nitrogens with one attached hydrogen (secondary N) is 1. The molecule has 1 aliphatic carbocycles. The van der Waals surface area contributed by atoms with Crippen LogP contribution < -0.4 is 5.32 Å². The number of alkyl halides is 1. The summed E-state index contributed by atoms with van der Waals surface area (Å²) in [5.41, 5.74) is 0.707. The number of halogens is 1. The first-order chi connectivity index (χ1) is 8.39. The van der Waals surface area contributed by atoms with E-state index in [1.165, 1.54) is 0 Å². The molecule has 0 aromatic heterocycles. The highest BCUT2D eigenvalue weighted by atomic mass is 35.5. The number of hydrogen-bond acceptors (Lipinski definition) is 1. The van der Waals surface area contributed by atoms with Gasteiger partial charge in [0, 0.05) is 11.8 Å². The van der Waals surface area contributed by atoms with E-state index in [0.717, 1.165) is 12.0 Å². The molecule has 0 spiro atoms. The molecular formula is C15H20ClNO. The summed E-state index contributed by atoms with van der Waals surface area (Å²) in [5.74, 6) is 0.617. The monoisotopic (exact) mass is 265 g/mol. The Hall–Kier alpha value is -1.02. The van der Waals surface area contributed by atoms with Crippen LogP contribution in [0.15, 0.2) is 30.3 Å². The van der Waals surface area contributed by atoms with Crippen molar-refractivity contribution in [2.45, 2.75) is 32.7 Å². The minimum absolute atomic E-state index is 0.118. The van der Waals surface area contributed by atoms with Crippen molar-refractivity contribution in [3.63, 3.8) is 0 Å². The highest BCUT2D eigenvalue weighted by Crippen LogP contribution is 2.51. The van der Waals surface area contributed by atoms with Crippen molar-refractivity contribution in [3.05, 3.63) is 35.9 Å². The molecule has 0 heterocycles. The summed E-state index contributed by atoms with van der Waals surface area (Å²) in [5, 5.41) is 3.11. The van der Waals surface area contributed by atoms with E-state index in [0.29, 0.717) is 5.88 Å². The zero-order chi connectivity index (χ0) is 13.4. The molecule has 2 atom stereocenters. The van der Waals surface area contributed by atoms with Gasteiger partial charge in [0.1, 0.15) is 0 Å². The van der Waals surface area contributed by atoms with Crippen LogP contribution in [-0.2, 0) is 10.3 Å². The Labute approximate surface area is 114 Å². The van der Waals surface area contributed by atoms with Gasteiger partial charge < -0.3 is 5.32 Å². The Kier molecular flexibility index (Phi) is 3.41. The SMILES string of the molecule is CC(CCl)(NC(=O)C1CC1(C)C)c1ccccc1. The predicted octanol–water partition coefficient (Wildman–Crippen LogP) is 3.30. The summed E-state index contributed by atoms with van der Waals surface area (Å²) in [6, 6.07) is 9.89. The number of amides is 1. The molecule has 2 unspecified atom stereocenters.